The van der Waals surface area contributed by atoms with Crippen LogP contribution in [0.1, 0.15) is 78.1 Å². The maximum Gasteiger partial charge on any atom is 0.0579 e. The minimum atomic E-state index is 0.431. The highest BCUT2D eigenvalue weighted by Crippen LogP contribution is 2.65. The van der Waals surface area contributed by atoms with Gasteiger partial charge in [-0.3, -0.25) is 0 Å². The Labute approximate surface area is 129 Å². The molecule has 4 aliphatic rings. The Kier molecular flexibility index (Phi) is 3.17. The van der Waals surface area contributed by atoms with Crippen molar-refractivity contribution in [2.75, 3.05) is 0 Å². The smallest absolute Gasteiger partial charge is 0.0579 e. The zero-order valence-electron chi connectivity index (χ0n) is 13.8. The number of nitrogens with zero attached hydrogens (tertiary/aromatic N) is 1. The topological polar surface area (TPSA) is 32.6 Å². The molecule has 0 aromatic rings. The monoisotopic (exact) mass is 289 g/mol. The summed E-state index contributed by atoms with van der Waals surface area (Å²) in [6, 6.07) is 0. The zero-order chi connectivity index (χ0) is 14.7. The minimum Gasteiger partial charge on any atom is -0.411 e. The molecule has 0 heterocycles. The molecule has 0 aromatic heterocycles. The zero-order valence-corrected chi connectivity index (χ0v) is 13.8. The lowest BCUT2D eigenvalue weighted by Gasteiger charge is -2.59. The largest absolute Gasteiger partial charge is 0.411 e. The second-order valence-electron chi connectivity index (χ2n) is 9.14. The van der Waals surface area contributed by atoms with E-state index >= 15 is 0 Å². The highest BCUT2D eigenvalue weighted by Gasteiger charge is 2.58. The molecule has 6 atom stereocenters. The fraction of sp³-hybridized carbons (Fsp3) is 0.947. The first kappa shape index (κ1) is 14.1. The van der Waals surface area contributed by atoms with Crippen molar-refractivity contribution in [2.24, 2.45) is 39.7 Å². The molecule has 0 aromatic carbocycles. The molecule has 0 spiro atoms. The van der Waals surface area contributed by atoms with Gasteiger partial charge in [-0.2, -0.15) is 0 Å². The van der Waals surface area contributed by atoms with Crippen LogP contribution >= 0.6 is 0 Å². The molecule has 1 N–H and O–H groups in total. The van der Waals surface area contributed by atoms with Gasteiger partial charge in [0.15, 0.2) is 0 Å². The first-order chi connectivity index (χ1) is 10.1. The van der Waals surface area contributed by atoms with E-state index in [-0.39, 0.29) is 0 Å². The van der Waals surface area contributed by atoms with E-state index in [1.165, 1.54) is 51.4 Å². The van der Waals surface area contributed by atoms with Crippen LogP contribution in [0, 0.1) is 34.5 Å². The van der Waals surface area contributed by atoms with E-state index in [1.54, 1.807) is 0 Å². The summed E-state index contributed by atoms with van der Waals surface area (Å²) in [5.41, 5.74) is 2.14. The average Bonchev–Trinajstić information content (AvgIpc) is 2.83. The molecule has 4 aliphatic carbocycles. The van der Waals surface area contributed by atoms with Gasteiger partial charge in [-0.05, 0) is 85.9 Å². The van der Waals surface area contributed by atoms with Gasteiger partial charge in [-0.25, -0.2) is 0 Å². The van der Waals surface area contributed by atoms with Crippen molar-refractivity contribution in [3.63, 3.8) is 0 Å². The summed E-state index contributed by atoms with van der Waals surface area (Å²) >= 11 is 0. The molecule has 0 radical (unpaired) electrons. The fourth-order valence-corrected chi connectivity index (χ4v) is 7.18. The molecule has 21 heavy (non-hydrogen) atoms. The van der Waals surface area contributed by atoms with Gasteiger partial charge in [0.25, 0.3) is 0 Å². The molecule has 4 saturated carbocycles. The maximum atomic E-state index is 9.25. The number of oxime groups is 1. The van der Waals surface area contributed by atoms with Crippen LogP contribution in [0.25, 0.3) is 0 Å². The van der Waals surface area contributed by atoms with Crippen LogP contribution in [0.4, 0.5) is 0 Å². The van der Waals surface area contributed by atoms with E-state index in [0.717, 1.165) is 42.2 Å². The van der Waals surface area contributed by atoms with Crippen LogP contribution < -0.4 is 0 Å². The third kappa shape index (κ3) is 1.93. The van der Waals surface area contributed by atoms with Crippen LogP contribution in [-0.4, -0.2) is 10.9 Å². The summed E-state index contributed by atoms with van der Waals surface area (Å²) in [4.78, 5) is 0. The van der Waals surface area contributed by atoms with Gasteiger partial charge in [-0.15, -0.1) is 0 Å². The number of rotatable bonds is 0. The van der Waals surface area contributed by atoms with Crippen LogP contribution in [-0.2, 0) is 0 Å². The van der Waals surface area contributed by atoms with E-state index in [1.807, 2.05) is 0 Å². The van der Waals surface area contributed by atoms with Gasteiger partial charge in [0.05, 0.1) is 5.71 Å². The molecular formula is C19H31NO. The van der Waals surface area contributed by atoms with Gasteiger partial charge in [-0.1, -0.05) is 31.8 Å². The van der Waals surface area contributed by atoms with Crippen LogP contribution in [0.2, 0.25) is 0 Å². The molecule has 4 rings (SSSR count). The predicted octanol–water partition coefficient (Wildman–Crippen LogP) is 5.25. The second kappa shape index (κ2) is 4.73. The van der Waals surface area contributed by atoms with E-state index in [0.29, 0.717) is 10.8 Å². The normalized spacial score (nSPS) is 54.9. The third-order valence-electron chi connectivity index (χ3n) is 8.31. The Morgan fingerprint density at radius 2 is 1.86 bits per heavy atom. The summed E-state index contributed by atoms with van der Waals surface area (Å²) < 4.78 is 0. The van der Waals surface area contributed by atoms with E-state index in [9.17, 15) is 5.21 Å². The quantitative estimate of drug-likeness (QED) is 0.479. The Morgan fingerprint density at radius 3 is 2.67 bits per heavy atom. The molecule has 118 valence electrons. The molecule has 2 nitrogen and oxygen atoms in total. The summed E-state index contributed by atoms with van der Waals surface area (Å²) in [5, 5.41) is 12.9. The van der Waals surface area contributed by atoms with Crippen molar-refractivity contribution in [3.05, 3.63) is 0 Å². The lowest BCUT2D eigenvalue weighted by atomic mass is 9.45. The standard InChI is InChI=1S/C19H31NO/c1-18-10-8-16-15(17(18)11-14(12-18)20-21)7-6-13-5-3-4-9-19(13,16)2/h13,15-17,21H,3-12H2,1-2H3/b20-14-. The SMILES string of the molecule is CC12CCC3C(CCC4CCCCC43C)C1C/C(=N/O)C2. The van der Waals surface area contributed by atoms with Crippen LogP contribution in [0.15, 0.2) is 5.16 Å². The molecular weight excluding hydrogens is 258 g/mol. The summed E-state index contributed by atoms with van der Waals surface area (Å²) in [5.74, 6) is 3.65. The lowest BCUT2D eigenvalue weighted by Crippen LogP contribution is -2.51. The highest BCUT2D eigenvalue weighted by molar-refractivity contribution is 5.87. The van der Waals surface area contributed by atoms with Gasteiger partial charge in [0.2, 0.25) is 0 Å². The minimum absolute atomic E-state index is 0.431. The van der Waals surface area contributed by atoms with Gasteiger partial charge in [0, 0.05) is 0 Å². The first-order valence-electron chi connectivity index (χ1n) is 9.27. The summed E-state index contributed by atoms with van der Waals surface area (Å²) in [7, 11) is 0. The Morgan fingerprint density at radius 1 is 1.00 bits per heavy atom. The van der Waals surface area contributed by atoms with Crippen LogP contribution in [0.5, 0.6) is 0 Å². The molecule has 0 aliphatic heterocycles. The van der Waals surface area contributed by atoms with Crippen molar-refractivity contribution in [1.82, 2.24) is 0 Å². The van der Waals surface area contributed by atoms with Crippen molar-refractivity contribution in [1.29, 1.82) is 0 Å². The van der Waals surface area contributed by atoms with Crippen LogP contribution in [0.3, 0.4) is 0 Å². The second-order valence-corrected chi connectivity index (χ2v) is 9.14. The lowest BCUT2D eigenvalue weighted by molar-refractivity contribution is -0.103. The average molecular weight is 289 g/mol. The van der Waals surface area contributed by atoms with Crippen molar-refractivity contribution in [2.45, 2.75) is 78.1 Å². The van der Waals surface area contributed by atoms with Crippen molar-refractivity contribution >= 4 is 5.71 Å². The van der Waals surface area contributed by atoms with Crippen molar-refractivity contribution in [3.8, 4) is 0 Å². The fourth-order valence-electron chi connectivity index (χ4n) is 7.18. The molecule has 4 fully saturated rings. The van der Waals surface area contributed by atoms with Gasteiger partial charge < -0.3 is 5.21 Å². The first-order valence-corrected chi connectivity index (χ1v) is 9.27. The number of hydrogen-bond donors (Lipinski definition) is 1. The van der Waals surface area contributed by atoms with Gasteiger partial charge >= 0.3 is 0 Å². The van der Waals surface area contributed by atoms with E-state index in [4.69, 9.17) is 0 Å². The molecule has 2 heteroatoms. The van der Waals surface area contributed by atoms with E-state index in [2.05, 4.69) is 19.0 Å². The highest BCUT2D eigenvalue weighted by atomic mass is 16.4. The number of fused-ring (bicyclic) bond motifs is 5. The maximum absolute atomic E-state index is 9.25. The Bertz CT molecular complexity index is 458. The molecule has 0 amide bonds. The predicted molar refractivity (Wildman–Crippen MR) is 85.6 cm³/mol. The molecule has 0 bridgehead atoms. The van der Waals surface area contributed by atoms with E-state index < -0.39 is 0 Å². The Hall–Kier alpha value is -0.530. The summed E-state index contributed by atoms with van der Waals surface area (Å²) in [6.45, 7) is 5.10. The summed E-state index contributed by atoms with van der Waals surface area (Å²) in [6.07, 6.45) is 13.7. The number of hydrogen-bond acceptors (Lipinski definition) is 2. The Balaban J connectivity index is 1.64. The molecule has 6 unspecified atom stereocenters. The van der Waals surface area contributed by atoms with Gasteiger partial charge in [0.1, 0.15) is 0 Å². The third-order valence-corrected chi connectivity index (χ3v) is 8.31. The molecule has 0 saturated heterocycles. The van der Waals surface area contributed by atoms with Crippen molar-refractivity contribution < 1.29 is 5.21 Å².